The van der Waals surface area contributed by atoms with Crippen molar-refractivity contribution in [3.63, 3.8) is 0 Å². The molecule has 0 radical (unpaired) electrons. The zero-order valence-electron chi connectivity index (χ0n) is 10.1. The highest BCUT2D eigenvalue weighted by Crippen LogP contribution is 2.17. The molecule has 18 heavy (non-hydrogen) atoms. The Bertz CT molecular complexity index is 583. The molecule has 2 aromatic rings. The molecule has 0 amide bonds. The van der Waals surface area contributed by atoms with Crippen molar-refractivity contribution < 1.29 is 0 Å². The first-order valence-corrected chi connectivity index (χ1v) is 6.51. The number of nitrogen functional groups attached to an aromatic ring is 1. The van der Waals surface area contributed by atoms with Crippen molar-refractivity contribution in [3.05, 3.63) is 39.8 Å². The van der Waals surface area contributed by atoms with Gasteiger partial charge < -0.3 is 11.1 Å². The first-order valence-electron chi connectivity index (χ1n) is 5.63. The quantitative estimate of drug-likeness (QED) is 0.826. The highest BCUT2D eigenvalue weighted by molar-refractivity contribution is 7.09. The lowest BCUT2D eigenvalue weighted by atomic mass is 10.2. The molecule has 2 rings (SSSR count). The number of hydrogen-bond donors (Lipinski definition) is 2. The molecular formula is C13H14N4S. The fraction of sp³-hybridized carbons (Fsp3) is 0.231. The van der Waals surface area contributed by atoms with Crippen LogP contribution in [0, 0.1) is 18.3 Å². The first kappa shape index (κ1) is 12.4. The molecule has 1 aromatic heterocycles. The van der Waals surface area contributed by atoms with Crippen molar-refractivity contribution in [2.45, 2.75) is 13.3 Å². The maximum absolute atomic E-state index is 8.78. The third-order valence-corrected chi connectivity index (χ3v) is 3.53. The van der Waals surface area contributed by atoms with Crippen LogP contribution >= 0.6 is 11.3 Å². The molecule has 4 nitrogen and oxygen atoms in total. The molecule has 3 N–H and O–H groups in total. The smallest absolute Gasteiger partial charge is 0.101 e. The maximum atomic E-state index is 8.78. The molecule has 0 fully saturated rings. The average molecular weight is 258 g/mol. The first-order chi connectivity index (χ1) is 8.69. The van der Waals surface area contributed by atoms with Crippen LogP contribution < -0.4 is 11.1 Å². The zero-order chi connectivity index (χ0) is 13.0. The van der Waals surface area contributed by atoms with Gasteiger partial charge >= 0.3 is 0 Å². The summed E-state index contributed by atoms with van der Waals surface area (Å²) in [5.74, 6) is 0. The predicted molar refractivity (Wildman–Crippen MR) is 74.6 cm³/mol. The number of rotatable bonds is 4. The lowest BCUT2D eigenvalue weighted by Gasteiger charge is -2.06. The van der Waals surface area contributed by atoms with Crippen LogP contribution in [0.4, 0.5) is 11.4 Å². The molecule has 0 unspecified atom stereocenters. The Morgan fingerprint density at radius 1 is 1.50 bits per heavy atom. The Morgan fingerprint density at radius 3 is 2.94 bits per heavy atom. The van der Waals surface area contributed by atoms with E-state index in [1.807, 2.05) is 19.1 Å². The second-order valence-corrected chi connectivity index (χ2v) is 4.92. The number of thiazole rings is 1. The number of nitriles is 1. The van der Waals surface area contributed by atoms with Gasteiger partial charge in [0.25, 0.3) is 0 Å². The van der Waals surface area contributed by atoms with Gasteiger partial charge in [0.1, 0.15) is 6.07 Å². The highest BCUT2D eigenvalue weighted by Gasteiger charge is 2.01. The van der Waals surface area contributed by atoms with Crippen LogP contribution in [-0.2, 0) is 6.42 Å². The summed E-state index contributed by atoms with van der Waals surface area (Å²) in [4.78, 5) is 4.40. The highest BCUT2D eigenvalue weighted by atomic mass is 32.1. The van der Waals surface area contributed by atoms with Gasteiger partial charge in [-0.05, 0) is 25.1 Å². The largest absolute Gasteiger partial charge is 0.398 e. The van der Waals surface area contributed by atoms with E-state index >= 15 is 0 Å². The summed E-state index contributed by atoms with van der Waals surface area (Å²) in [6.07, 6.45) is 0.887. The third kappa shape index (κ3) is 2.99. The summed E-state index contributed by atoms with van der Waals surface area (Å²) >= 11 is 1.68. The number of aromatic nitrogens is 1. The Labute approximate surface area is 110 Å². The van der Waals surface area contributed by atoms with Gasteiger partial charge in [-0.25, -0.2) is 4.98 Å². The Kier molecular flexibility index (Phi) is 3.80. The number of nitrogens with one attached hydrogen (secondary N) is 1. The number of anilines is 2. The minimum Gasteiger partial charge on any atom is -0.398 e. The van der Waals surface area contributed by atoms with Gasteiger partial charge in [0, 0.05) is 29.7 Å². The summed E-state index contributed by atoms with van der Waals surface area (Å²) in [6, 6.07) is 7.42. The van der Waals surface area contributed by atoms with Crippen LogP contribution in [0.25, 0.3) is 0 Å². The number of hydrogen-bond acceptors (Lipinski definition) is 5. The number of aryl methyl sites for hydroxylation is 1. The van der Waals surface area contributed by atoms with Gasteiger partial charge in [-0.3, -0.25) is 0 Å². The molecule has 5 heteroatoms. The molecule has 0 saturated heterocycles. The van der Waals surface area contributed by atoms with E-state index in [1.54, 1.807) is 23.5 Å². The van der Waals surface area contributed by atoms with Gasteiger partial charge in [0.2, 0.25) is 0 Å². The molecule has 1 heterocycles. The molecule has 0 aliphatic rings. The number of nitrogens with two attached hydrogens (primary N) is 1. The molecule has 0 saturated carbocycles. The van der Waals surface area contributed by atoms with Crippen molar-refractivity contribution in [1.82, 2.24) is 4.98 Å². The minimum atomic E-state index is 0.507. The normalized spacial score (nSPS) is 10.0. The van der Waals surface area contributed by atoms with E-state index in [4.69, 9.17) is 11.0 Å². The fourth-order valence-electron chi connectivity index (χ4n) is 1.61. The summed E-state index contributed by atoms with van der Waals surface area (Å²) in [5, 5.41) is 15.2. The third-order valence-electron chi connectivity index (χ3n) is 2.51. The van der Waals surface area contributed by atoms with Gasteiger partial charge in [0.15, 0.2) is 0 Å². The van der Waals surface area contributed by atoms with Gasteiger partial charge in [-0.15, -0.1) is 11.3 Å². The van der Waals surface area contributed by atoms with E-state index in [0.717, 1.165) is 29.4 Å². The van der Waals surface area contributed by atoms with E-state index in [0.29, 0.717) is 11.3 Å². The van der Waals surface area contributed by atoms with Gasteiger partial charge in [-0.1, -0.05) is 0 Å². The fourth-order valence-corrected chi connectivity index (χ4v) is 2.38. The second kappa shape index (κ2) is 5.52. The summed E-state index contributed by atoms with van der Waals surface area (Å²) in [6.45, 7) is 2.80. The molecule has 0 aliphatic heterocycles. The zero-order valence-corrected chi connectivity index (χ0v) is 10.9. The van der Waals surface area contributed by atoms with Gasteiger partial charge in [-0.2, -0.15) is 5.26 Å². The SMILES string of the molecule is Cc1csc(CCNc2ccc(C#N)c(N)c2)n1. The molecule has 0 spiro atoms. The van der Waals surface area contributed by atoms with Crippen molar-refractivity contribution in [3.8, 4) is 6.07 Å². The predicted octanol–water partition coefficient (Wildman–Crippen LogP) is 2.56. The van der Waals surface area contributed by atoms with Crippen molar-refractivity contribution in [2.75, 3.05) is 17.6 Å². The average Bonchev–Trinajstić information content (AvgIpc) is 2.75. The van der Waals surface area contributed by atoms with Crippen LogP contribution in [0.3, 0.4) is 0 Å². The molecule has 0 bridgehead atoms. The van der Waals surface area contributed by atoms with Crippen molar-refractivity contribution >= 4 is 22.7 Å². The second-order valence-electron chi connectivity index (χ2n) is 3.97. The summed E-state index contributed by atoms with van der Waals surface area (Å²) in [7, 11) is 0. The molecule has 1 aromatic carbocycles. The van der Waals surface area contributed by atoms with Crippen LogP contribution in [0.1, 0.15) is 16.3 Å². The Balaban J connectivity index is 1.91. The van der Waals surface area contributed by atoms with Crippen LogP contribution in [0.5, 0.6) is 0 Å². The Hall–Kier alpha value is -2.06. The summed E-state index contributed by atoms with van der Waals surface area (Å²) in [5.41, 5.74) is 8.76. The van der Waals surface area contributed by atoms with E-state index < -0.39 is 0 Å². The van der Waals surface area contributed by atoms with E-state index in [-0.39, 0.29) is 0 Å². The number of benzene rings is 1. The minimum absolute atomic E-state index is 0.507. The Morgan fingerprint density at radius 2 is 2.33 bits per heavy atom. The van der Waals surface area contributed by atoms with Crippen LogP contribution in [-0.4, -0.2) is 11.5 Å². The monoisotopic (exact) mass is 258 g/mol. The maximum Gasteiger partial charge on any atom is 0.101 e. The molecule has 0 atom stereocenters. The van der Waals surface area contributed by atoms with E-state index in [1.165, 1.54) is 0 Å². The van der Waals surface area contributed by atoms with Crippen LogP contribution in [0.15, 0.2) is 23.6 Å². The molecule has 92 valence electrons. The lowest BCUT2D eigenvalue weighted by Crippen LogP contribution is -2.05. The van der Waals surface area contributed by atoms with E-state index in [9.17, 15) is 0 Å². The number of nitrogens with zero attached hydrogens (tertiary/aromatic N) is 2. The standard InChI is InChI=1S/C13H14N4S/c1-9-8-18-13(17-9)4-5-16-11-3-2-10(7-14)12(15)6-11/h2-3,6,8,16H,4-5,15H2,1H3. The van der Waals surface area contributed by atoms with Gasteiger partial charge in [0.05, 0.1) is 16.3 Å². The van der Waals surface area contributed by atoms with E-state index in [2.05, 4.69) is 15.7 Å². The van der Waals surface area contributed by atoms with Crippen molar-refractivity contribution in [1.29, 1.82) is 5.26 Å². The van der Waals surface area contributed by atoms with Crippen LogP contribution in [0.2, 0.25) is 0 Å². The summed E-state index contributed by atoms with van der Waals surface area (Å²) < 4.78 is 0. The molecule has 0 aliphatic carbocycles. The lowest BCUT2D eigenvalue weighted by molar-refractivity contribution is 0.987. The van der Waals surface area contributed by atoms with Crippen molar-refractivity contribution in [2.24, 2.45) is 0 Å². The topological polar surface area (TPSA) is 74.7 Å². The molecular weight excluding hydrogens is 244 g/mol.